The first-order chi connectivity index (χ1) is 15.0. The molecule has 0 aliphatic carbocycles. The number of hydrogen-bond acceptors (Lipinski definition) is 5. The summed E-state index contributed by atoms with van der Waals surface area (Å²) >= 11 is 0. The predicted molar refractivity (Wildman–Crippen MR) is 119 cm³/mol. The van der Waals surface area contributed by atoms with E-state index >= 15 is 0 Å². The van der Waals surface area contributed by atoms with Gasteiger partial charge in [0.05, 0.1) is 18.2 Å². The molecule has 0 radical (unpaired) electrons. The first-order valence-electron chi connectivity index (χ1n) is 10.7. The molecule has 2 amide bonds. The number of anilines is 2. The lowest BCUT2D eigenvalue weighted by molar-refractivity contribution is -0.138. The van der Waals surface area contributed by atoms with Crippen molar-refractivity contribution in [3.8, 4) is 5.75 Å². The van der Waals surface area contributed by atoms with Crippen LogP contribution in [-0.4, -0.2) is 56.2 Å². The number of ether oxygens (including phenoxy) is 2. The van der Waals surface area contributed by atoms with Crippen molar-refractivity contribution in [2.24, 2.45) is 0 Å². The Kier molecular flexibility index (Phi) is 6.42. The molecule has 2 heterocycles. The minimum absolute atomic E-state index is 0.0112. The SMILES string of the molecule is CN(C)c1ccc(CN(CC2CCCO2)C(=O)CC2Oc3ccccc3NC2=O)cc1. The minimum Gasteiger partial charge on any atom is -0.478 e. The van der Waals surface area contributed by atoms with Crippen molar-refractivity contribution in [1.29, 1.82) is 0 Å². The second kappa shape index (κ2) is 9.39. The van der Waals surface area contributed by atoms with Crippen LogP contribution in [0.25, 0.3) is 0 Å². The van der Waals surface area contributed by atoms with Crippen LogP contribution < -0.4 is 15.0 Å². The molecule has 1 N–H and O–H groups in total. The van der Waals surface area contributed by atoms with Crippen LogP contribution in [0, 0.1) is 0 Å². The molecule has 0 saturated carbocycles. The maximum absolute atomic E-state index is 13.2. The highest BCUT2D eigenvalue weighted by atomic mass is 16.5. The molecule has 2 unspecified atom stereocenters. The summed E-state index contributed by atoms with van der Waals surface area (Å²) in [6.45, 7) is 1.71. The zero-order valence-corrected chi connectivity index (χ0v) is 18.0. The number of fused-ring (bicyclic) bond motifs is 1. The van der Waals surface area contributed by atoms with Gasteiger partial charge in [-0.2, -0.15) is 0 Å². The molecule has 0 aromatic heterocycles. The Bertz CT molecular complexity index is 923. The van der Waals surface area contributed by atoms with Crippen molar-refractivity contribution in [3.63, 3.8) is 0 Å². The summed E-state index contributed by atoms with van der Waals surface area (Å²) in [5, 5.41) is 2.83. The molecule has 2 aliphatic rings. The highest BCUT2D eigenvalue weighted by Gasteiger charge is 2.32. The van der Waals surface area contributed by atoms with Gasteiger partial charge in [0, 0.05) is 39.5 Å². The smallest absolute Gasteiger partial charge is 0.266 e. The molecular formula is C24H29N3O4. The zero-order valence-electron chi connectivity index (χ0n) is 18.0. The van der Waals surface area contributed by atoms with Crippen LogP contribution >= 0.6 is 0 Å². The van der Waals surface area contributed by atoms with Gasteiger partial charge in [0.1, 0.15) is 5.75 Å². The number of benzene rings is 2. The van der Waals surface area contributed by atoms with Gasteiger partial charge in [-0.05, 0) is 42.7 Å². The molecule has 164 valence electrons. The van der Waals surface area contributed by atoms with Gasteiger partial charge < -0.3 is 24.6 Å². The average Bonchev–Trinajstić information content (AvgIpc) is 3.27. The Morgan fingerprint density at radius 2 is 1.90 bits per heavy atom. The van der Waals surface area contributed by atoms with E-state index in [0.29, 0.717) is 24.5 Å². The molecule has 0 bridgehead atoms. The Hall–Kier alpha value is -3.06. The number of hydrogen-bond donors (Lipinski definition) is 1. The molecule has 1 saturated heterocycles. The third-order valence-electron chi connectivity index (χ3n) is 5.69. The fourth-order valence-corrected chi connectivity index (χ4v) is 3.92. The first-order valence-corrected chi connectivity index (χ1v) is 10.7. The summed E-state index contributed by atoms with van der Waals surface area (Å²) in [7, 11) is 3.99. The topological polar surface area (TPSA) is 71.1 Å². The summed E-state index contributed by atoms with van der Waals surface area (Å²) < 4.78 is 11.6. The predicted octanol–water partition coefficient (Wildman–Crippen LogP) is 3.05. The van der Waals surface area contributed by atoms with Crippen molar-refractivity contribution in [2.75, 3.05) is 37.5 Å². The zero-order chi connectivity index (χ0) is 21.8. The van der Waals surface area contributed by atoms with E-state index in [1.165, 1.54) is 0 Å². The van der Waals surface area contributed by atoms with Gasteiger partial charge in [-0.3, -0.25) is 9.59 Å². The van der Waals surface area contributed by atoms with Crippen molar-refractivity contribution < 1.29 is 19.1 Å². The van der Waals surface area contributed by atoms with Crippen LogP contribution in [0.3, 0.4) is 0 Å². The number of carbonyl (C=O) groups excluding carboxylic acids is 2. The van der Waals surface area contributed by atoms with E-state index in [4.69, 9.17) is 9.47 Å². The van der Waals surface area contributed by atoms with Crippen molar-refractivity contribution >= 4 is 23.2 Å². The van der Waals surface area contributed by atoms with Gasteiger partial charge in [0.15, 0.2) is 6.10 Å². The van der Waals surface area contributed by atoms with E-state index < -0.39 is 6.10 Å². The fraction of sp³-hybridized carbons (Fsp3) is 0.417. The standard InChI is InChI=1S/C24H29N3O4/c1-26(2)18-11-9-17(10-12-18)15-27(16-19-6-5-13-30-19)23(28)14-22-24(29)25-20-7-3-4-8-21(20)31-22/h3-4,7-12,19,22H,5-6,13-16H2,1-2H3,(H,25,29). The fourth-order valence-electron chi connectivity index (χ4n) is 3.92. The Morgan fingerprint density at radius 3 is 2.61 bits per heavy atom. The number of para-hydroxylation sites is 2. The number of rotatable bonds is 7. The molecule has 7 nitrogen and oxygen atoms in total. The molecule has 0 spiro atoms. The van der Waals surface area contributed by atoms with Crippen LogP contribution in [0.15, 0.2) is 48.5 Å². The Labute approximate surface area is 182 Å². The van der Waals surface area contributed by atoms with Crippen molar-refractivity contribution in [2.45, 2.75) is 38.0 Å². The van der Waals surface area contributed by atoms with E-state index in [2.05, 4.69) is 5.32 Å². The summed E-state index contributed by atoms with van der Waals surface area (Å²) in [4.78, 5) is 29.5. The summed E-state index contributed by atoms with van der Waals surface area (Å²) in [5.74, 6) is 0.177. The monoisotopic (exact) mass is 423 g/mol. The van der Waals surface area contributed by atoms with Crippen molar-refractivity contribution in [1.82, 2.24) is 4.90 Å². The number of nitrogens with one attached hydrogen (secondary N) is 1. The highest BCUT2D eigenvalue weighted by Crippen LogP contribution is 2.30. The second-order valence-electron chi connectivity index (χ2n) is 8.27. The van der Waals surface area contributed by atoms with Crippen LogP contribution in [-0.2, 0) is 20.9 Å². The lowest BCUT2D eigenvalue weighted by atomic mass is 10.1. The largest absolute Gasteiger partial charge is 0.478 e. The van der Waals surface area contributed by atoms with Crippen molar-refractivity contribution in [3.05, 3.63) is 54.1 Å². The molecule has 2 aromatic carbocycles. The Morgan fingerprint density at radius 1 is 1.13 bits per heavy atom. The molecule has 1 fully saturated rings. The van der Waals surface area contributed by atoms with Gasteiger partial charge in [0.25, 0.3) is 5.91 Å². The van der Waals surface area contributed by atoms with Gasteiger partial charge in [-0.25, -0.2) is 0 Å². The van der Waals surface area contributed by atoms with Crippen LogP contribution in [0.2, 0.25) is 0 Å². The lowest BCUT2D eigenvalue weighted by Gasteiger charge is -2.29. The van der Waals surface area contributed by atoms with Gasteiger partial charge in [-0.15, -0.1) is 0 Å². The number of carbonyl (C=O) groups is 2. The highest BCUT2D eigenvalue weighted by molar-refractivity contribution is 5.99. The van der Waals surface area contributed by atoms with Gasteiger partial charge >= 0.3 is 0 Å². The number of amides is 2. The molecule has 4 rings (SSSR count). The quantitative estimate of drug-likeness (QED) is 0.741. The van der Waals surface area contributed by atoms with Crippen LogP contribution in [0.4, 0.5) is 11.4 Å². The van der Waals surface area contributed by atoms with E-state index in [-0.39, 0.29) is 24.3 Å². The average molecular weight is 424 g/mol. The first kappa shape index (κ1) is 21.2. The van der Waals surface area contributed by atoms with E-state index in [9.17, 15) is 9.59 Å². The molecule has 31 heavy (non-hydrogen) atoms. The number of nitrogens with zero attached hydrogens (tertiary/aromatic N) is 2. The molecular weight excluding hydrogens is 394 g/mol. The van der Waals surface area contributed by atoms with Gasteiger partial charge in [0.2, 0.25) is 5.91 Å². The summed E-state index contributed by atoms with van der Waals surface area (Å²) in [6.07, 6.45) is 1.13. The van der Waals surface area contributed by atoms with Crippen LogP contribution in [0.1, 0.15) is 24.8 Å². The summed E-state index contributed by atoms with van der Waals surface area (Å²) in [6, 6.07) is 15.4. The van der Waals surface area contributed by atoms with Gasteiger partial charge in [-0.1, -0.05) is 24.3 Å². The normalized spacial score (nSPS) is 19.9. The maximum atomic E-state index is 13.2. The molecule has 7 heteroatoms. The molecule has 2 aromatic rings. The van der Waals surface area contributed by atoms with E-state index in [1.807, 2.05) is 55.4 Å². The molecule has 2 aliphatic heterocycles. The third-order valence-corrected chi connectivity index (χ3v) is 5.69. The summed E-state index contributed by atoms with van der Waals surface area (Å²) in [5.41, 5.74) is 2.77. The second-order valence-corrected chi connectivity index (χ2v) is 8.27. The Balaban J connectivity index is 1.46. The van der Waals surface area contributed by atoms with Crippen LogP contribution in [0.5, 0.6) is 5.75 Å². The third kappa shape index (κ3) is 5.17. The van der Waals surface area contributed by atoms with E-state index in [0.717, 1.165) is 30.7 Å². The molecule has 2 atom stereocenters. The van der Waals surface area contributed by atoms with E-state index in [1.54, 1.807) is 17.0 Å². The minimum atomic E-state index is -0.842. The maximum Gasteiger partial charge on any atom is 0.266 e. The lowest BCUT2D eigenvalue weighted by Crippen LogP contribution is -2.44.